The van der Waals surface area contributed by atoms with E-state index in [4.69, 9.17) is 28.9 Å². The summed E-state index contributed by atoms with van der Waals surface area (Å²) in [6.07, 6.45) is 0. The zero-order valence-electron chi connectivity index (χ0n) is 9.72. The summed E-state index contributed by atoms with van der Waals surface area (Å²) in [6.45, 7) is 4.09. The molecule has 0 spiro atoms. The first-order valence-corrected chi connectivity index (χ1v) is 6.07. The third-order valence-corrected chi connectivity index (χ3v) is 3.39. The van der Waals surface area contributed by atoms with Gasteiger partial charge >= 0.3 is 0 Å². The van der Waals surface area contributed by atoms with Crippen molar-refractivity contribution in [3.05, 3.63) is 51.5 Å². The fourth-order valence-electron chi connectivity index (χ4n) is 2.04. The number of anilines is 1. The van der Waals surface area contributed by atoms with Crippen molar-refractivity contribution in [2.24, 2.45) is 0 Å². The molecule has 88 valence electrons. The summed E-state index contributed by atoms with van der Waals surface area (Å²) < 4.78 is 0. The Kier molecular flexibility index (Phi) is 3.32. The molecule has 0 heterocycles. The van der Waals surface area contributed by atoms with Gasteiger partial charge in [-0.2, -0.15) is 0 Å². The normalized spacial score (nSPS) is 10.6. The van der Waals surface area contributed by atoms with Gasteiger partial charge in [0.25, 0.3) is 0 Å². The van der Waals surface area contributed by atoms with Crippen molar-refractivity contribution in [1.29, 1.82) is 0 Å². The van der Waals surface area contributed by atoms with E-state index in [9.17, 15) is 0 Å². The molecule has 0 saturated heterocycles. The Balaban J connectivity index is 2.77. The summed E-state index contributed by atoms with van der Waals surface area (Å²) in [6, 6.07) is 9.58. The van der Waals surface area contributed by atoms with E-state index in [1.807, 2.05) is 32.0 Å². The Morgan fingerprint density at radius 3 is 1.82 bits per heavy atom. The maximum atomic E-state index is 6.25. The van der Waals surface area contributed by atoms with Crippen molar-refractivity contribution in [3.8, 4) is 11.1 Å². The van der Waals surface area contributed by atoms with Gasteiger partial charge in [-0.25, -0.2) is 0 Å². The molecule has 0 aliphatic carbocycles. The second kappa shape index (κ2) is 4.59. The summed E-state index contributed by atoms with van der Waals surface area (Å²) in [4.78, 5) is 0. The van der Waals surface area contributed by atoms with Crippen LogP contribution in [0.25, 0.3) is 11.1 Å². The van der Waals surface area contributed by atoms with Gasteiger partial charge in [0.05, 0.1) is 10.0 Å². The number of halogens is 2. The number of hydrogen-bond acceptors (Lipinski definition) is 1. The number of hydrogen-bond donors (Lipinski definition) is 1. The van der Waals surface area contributed by atoms with Crippen LogP contribution in [0.1, 0.15) is 11.1 Å². The lowest BCUT2D eigenvalue weighted by atomic mass is 9.95. The lowest BCUT2D eigenvalue weighted by molar-refractivity contribution is 1.38. The molecule has 0 fully saturated rings. The third-order valence-electron chi connectivity index (χ3n) is 2.80. The molecule has 0 atom stereocenters. The number of nitrogens with two attached hydrogens (primary N) is 1. The van der Waals surface area contributed by atoms with E-state index in [1.165, 1.54) is 0 Å². The minimum absolute atomic E-state index is 0.579. The molecule has 0 aliphatic heterocycles. The van der Waals surface area contributed by atoms with Crippen molar-refractivity contribution in [3.63, 3.8) is 0 Å². The second-order valence-corrected chi connectivity index (χ2v) is 4.94. The summed E-state index contributed by atoms with van der Waals surface area (Å²) >= 11 is 12.5. The average Bonchev–Trinajstić information content (AvgIpc) is 2.21. The minimum atomic E-state index is 0.579. The molecular formula is C14H13Cl2N. The highest BCUT2D eigenvalue weighted by molar-refractivity contribution is 6.39. The first-order chi connectivity index (χ1) is 8.00. The molecule has 2 aromatic carbocycles. The Labute approximate surface area is 111 Å². The van der Waals surface area contributed by atoms with Gasteiger partial charge in [0.1, 0.15) is 0 Å². The highest BCUT2D eigenvalue weighted by atomic mass is 35.5. The quantitative estimate of drug-likeness (QED) is 0.733. The molecule has 0 radical (unpaired) electrons. The van der Waals surface area contributed by atoms with Crippen LogP contribution >= 0.6 is 23.2 Å². The molecule has 1 nitrogen and oxygen atoms in total. The van der Waals surface area contributed by atoms with Gasteiger partial charge in [-0.1, -0.05) is 41.4 Å². The highest BCUT2D eigenvalue weighted by Gasteiger charge is 2.13. The van der Waals surface area contributed by atoms with E-state index in [0.29, 0.717) is 15.7 Å². The predicted molar refractivity (Wildman–Crippen MR) is 75.8 cm³/mol. The lowest BCUT2D eigenvalue weighted by Gasteiger charge is -2.14. The van der Waals surface area contributed by atoms with Gasteiger partial charge in [-0.15, -0.1) is 0 Å². The van der Waals surface area contributed by atoms with Gasteiger partial charge in [-0.3, -0.25) is 0 Å². The van der Waals surface area contributed by atoms with E-state index < -0.39 is 0 Å². The SMILES string of the molecule is Cc1cccc(C)c1-c1c(Cl)cc(N)cc1Cl. The number of benzene rings is 2. The molecular weight excluding hydrogens is 253 g/mol. The Morgan fingerprint density at radius 1 is 0.882 bits per heavy atom. The zero-order valence-corrected chi connectivity index (χ0v) is 11.2. The Bertz CT molecular complexity index is 533. The number of rotatable bonds is 1. The van der Waals surface area contributed by atoms with Crippen LogP contribution in [0.2, 0.25) is 10.0 Å². The monoisotopic (exact) mass is 265 g/mol. The number of aryl methyl sites for hydroxylation is 2. The maximum Gasteiger partial charge on any atom is 0.0520 e. The Hall–Kier alpha value is -1.18. The molecule has 2 rings (SSSR count). The van der Waals surface area contributed by atoms with Gasteiger partial charge < -0.3 is 5.73 Å². The minimum Gasteiger partial charge on any atom is -0.399 e. The van der Waals surface area contributed by atoms with Crippen molar-refractivity contribution >= 4 is 28.9 Å². The van der Waals surface area contributed by atoms with Crippen LogP contribution in [-0.2, 0) is 0 Å². The zero-order chi connectivity index (χ0) is 12.6. The van der Waals surface area contributed by atoms with Gasteiger partial charge in [-0.05, 0) is 42.7 Å². The second-order valence-electron chi connectivity index (χ2n) is 4.13. The predicted octanol–water partition coefficient (Wildman–Crippen LogP) is 4.86. The summed E-state index contributed by atoms with van der Waals surface area (Å²) in [5.41, 5.74) is 10.5. The summed E-state index contributed by atoms with van der Waals surface area (Å²) in [7, 11) is 0. The van der Waals surface area contributed by atoms with Crippen LogP contribution in [0, 0.1) is 13.8 Å². The van der Waals surface area contributed by atoms with Crippen LogP contribution in [0.15, 0.2) is 30.3 Å². The molecule has 2 N–H and O–H groups in total. The van der Waals surface area contributed by atoms with E-state index in [2.05, 4.69) is 0 Å². The van der Waals surface area contributed by atoms with Crippen molar-refractivity contribution in [1.82, 2.24) is 0 Å². The fraction of sp³-hybridized carbons (Fsp3) is 0.143. The molecule has 2 aromatic rings. The topological polar surface area (TPSA) is 26.0 Å². The van der Waals surface area contributed by atoms with E-state index in [-0.39, 0.29) is 0 Å². The van der Waals surface area contributed by atoms with Crippen molar-refractivity contribution in [2.45, 2.75) is 13.8 Å². The maximum absolute atomic E-state index is 6.25. The molecule has 0 aromatic heterocycles. The summed E-state index contributed by atoms with van der Waals surface area (Å²) in [5.74, 6) is 0. The van der Waals surface area contributed by atoms with E-state index >= 15 is 0 Å². The largest absolute Gasteiger partial charge is 0.399 e. The molecule has 0 aliphatic rings. The third kappa shape index (κ3) is 2.26. The number of nitrogen functional groups attached to an aromatic ring is 1. The smallest absolute Gasteiger partial charge is 0.0520 e. The van der Waals surface area contributed by atoms with Crippen LogP contribution in [0.5, 0.6) is 0 Å². The molecule has 0 bridgehead atoms. The van der Waals surface area contributed by atoms with Crippen LogP contribution in [0.3, 0.4) is 0 Å². The first kappa shape index (κ1) is 12.3. The first-order valence-electron chi connectivity index (χ1n) is 5.32. The molecule has 3 heteroatoms. The summed E-state index contributed by atoms with van der Waals surface area (Å²) in [5, 5.41) is 1.18. The average molecular weight is 266 g/mol. The Morgan fingerprint density at radius 2 is 1.35 bits per heavy atom. The molecule has 0 amide bonds. The van der Waals surface area contributed by atoms with E-state index in [0.717, 1.165) is 22.3 Å². The fourth-order valence-corrected chi connectivity index (χ4v) is 2.73. The van der Waals surface area contributed by atoms with Crippen LogP contribution < -0.4 is 5.73 Å². The van der Waals surface area contributed by atoms with Crippen molar-refractivity contribution in [2.75, 3.05) is 5.73 Å². The highest BCUT2D eigenvalue weighted by Crippen LogP contribution is 2.39. The standard InChI is InChI=1S/C14H13Cl2N/c1-8-4-3-5-9(2)13(8)14-11(15)6-10(17)7-12(14)16/h3-7H,17H2,1-2H3. The van der Waals surface area contributed by atoms with E-state index in [1.54, 1.807) is 12.1 Å². The lowest BCUT2D eigenvalue weighted by Crippen LogP contribution is -1.92. The van der Waals surface area contributed by atoms with Crippen LogP contribution in [0.4, 0.5) is 5.69 Å². The van der Waals surface area contributed by atoms with Gasteiger partial charge in [0, 0.05) is 11.3 Å². The van der Waals surface area contributed by atoms with Crippen molar-refractivity contribution < 1.29 is 0 Å². The molecule has 0 unspecified atom stereocenters. The molecule has 17 heavy (non-hydrogen) atoms. The van der Waals surface area contributed by atoms with Gasteiger partial charge in [0.2, 0.25) is 0 Å². The molecule has 0 saturated carbocycles. The van der Waals surface area contributed by atoms with Gasteiger partial charge in [0.15, 0.2) is 0 Å². The van der Waals surface area contributed by atoms with Crippen LogP contribution in [-0.4, -0.2) is 0 Å².